The molecule has 2 saturated heterocycles. The Balaban J connectivity index is 0.00000155. The van der Waals surface area contributed by atoms with Gasteiger partial charge in [0.1, 0.15) is 17.4 Å². The van der Waals surface area contributed by atoms with Crippen molar-refractivity contribution < 1.29 is 28.7 Å². The summed E-state index contributed by atoms with van der Waals surface area (Å²) in [5.74, 6) is -0.171. The molecule has 1 aromatic rings. The van der Waals surface area contributed by atoms with Crippen molar-refractivity contribution >= 4 is 36.7 Å². The molecule has 4 rings (SSSR count). The smallest absolute Gasteiger partial charge is 0.410 e. The van der Waals surface area contributed by atoms with Crippen LogP contribution in [-0.4, -0.2) is 95.9 Å². The van der Waals surface area contributed by atoms with E-state index in [1.54, 1.807) is 29.3 Å². The fourth-order valence-corrected chi connectivity index (χ4v) is 4.57. The van der Waals surface area contributed by atoms with Gasteiger partial charge >= 0.3 is 6.09 Å². The second-order valence-electron chi connectivity index (χ2n) is 10.6. The van der Waals surface area contributed by atoms with Crippen LogP contribution >= 0.6 is 0 Å². The highest BCUT2D eigenvalue weighted by atomic mass is 16.6. The van der Waals surface area contributed by atoms with Crippen LogP contribution in [0.25, 0.3) is 0 Å². The number of nitrogens with one attached hydrogen (secondary N) is 1. The number of imide groups is 1. The molecule has 0 aromatic heterocycles. The Labute approximate surface area is 254 Å². The van der Waals surface area contributed by atoms with Crippen molar-refractivity contribution in [3.05, 3.63) is 41.3 Å². The minimum Gasteiger partial charge on any atom is -0.454 e. The van der Waals surface area contributed by atoms with Gasteiger partial charge in [-0.2, -0.15) is 0 Å². The summed E-state index contributed by atoms with van der Waals surface area (Å²) < 4.78 is 11.4. The lowest BCUT2D eigenvalue weighted by Gasteiger charge is -2.34. The van der Waals surface area contributed by atoms with E-state index in [4.69, 9.17) is 9.47 Å². The third-order valence-corrected chi connectivity index (χ3v) is 6.47. The van der Waals surface area contributed by atoms with Crippen LogP contribution in [-0.2, 0) is 20.9 Å². The number of fused-ring (bicyclic) bond motifs is 1. The maximum absolute atomic E-state index is 12.9. The van der Waals surface area contributed by atoms with Gasteiger partial charge in [-0.3, -0.25) is 34.6 Å². The molecule has 1 aromatic carbocycles. The molecule has 1 atom stereocenters. The summed E-state index contributed by atoms with van der Waals surface area (Å²) in [7, 11) is 0. The van der Waals surface area contributed by atoms with E-state index in [0.29, 0.717) is 56.3 Å². The fraction of sp³-hybridized carbons (Fsp3) is 0.548. The van der Waals surface area contributed by atoms with Gasteiger partial charge < -0.3 is 19.3 Å². The van der Waals surface area contributed by atoms with Crippen molar-refractivity contribution in [2.24, 2.45) is 9.98 Å². The number of nitrogens with zero attached hydrogens (tertiary/aromatic N) is 5. The maximum atomic E-state index is 12.9. The molecule has 0 aliphatic carbocycles. The van der Waals surface area contributed by atoms with Gasteiger partial charge in [-0.1, -0.05) is 27.7 Å². The second-order valence-corrected chi connectivity index (χ2v) is 10.6. The lowest BCUT2D eigenvalue weighted by Crippen LogP contribution is -2.52. The topological polar surface area (TPSA) is 133 Å². The van der Waals surface area contributed by atoms with Crippen molar-refractivity contribution in [2.75, 3.05) is 32.8 Å². The summed E-state index contributed by atoms with van der Waals surface area (Å²) in [5.41, 5.74) is 0.702. The lowest BCUT2D eigenvalue weighted by molar-refractivity contribution is -0.136. The Morgan fingerprint density at radius 2 is 1.77 bits per heavy atom. The van der Waals surface area contributed by atoms with E-state index in [9.17, 15) is 19.2 Å². The van der Waals surface area contributed by atoms with Gasteiger partial charge in [-0.25, -0.2) is 4.79 Å². The van der Waals surface area contributed by atoms with E-state index < -0.39 is 17.6 Å². The summed E-state index contributed by atoms with van der Waals surface area (Å²) in [5, 5.41) is 2.30. The number of carbonyl (C=O) groups excluding carboxylic acids is 4. The molecule has 3 aliphatic heterocycles. The standard InChI is InChI=1S/C27H34N6O6.2C2H6/c1-27(2,3)39-26(37)32-11-9-31(10-12-32)17-29-15-20(14-28-4)38-19-5-6-21-18(13-19)16-33(25(21)36)22-7-8-23(34)30-24(22)35;2*1-2/h5-6,13-15,22H,4,7-12,16-17H2,1-3H3,(H,30,34,35);2*1-2H3/b20-14+,29-15-;;. The molecule has 0 spiro atoms. The highest BCUT2D eigenvalue weighted by molar-refractivity contribution is 6.05. The van der Waals surface area contributed by atoms with E-state index in [-0.39, 0.29) is 30.9 Å². The number of piperazine rings is 1. The Morgan fingerprint density at radius 3 is 2.37 bits per heavy atom. The number of rotatable bonds is 7. The molecule has 3 aliphatic rings. The molecule has 12 nitrogen and oxygen atoms in total. The van der Waals surface area contributed by atoms with Crippen LogP contribution in [0.2, 0.25) is 0 Å². The van der Waals surface area contributed by atoms with E-state index in [2.05, 4.69) is 26.9 Å². The van der Waals surface area contributed by atoms with E-state index in [0.717, 1.165) is 5.56 Å². The molecule has 0 saturated carbocycles. The Bertz CT molecular complexity index is 1210. The van der Waals surface area contributed by atoms with Gasteiger partial charge in [0.15, 0.2) is 5.76 Å². The van der Waals surface area contributed by atoms with Crippen LogP contribution in [0.5, 0.6) is 5.75 Å². The number of allylic oxidation sites excluding steroid dienone is 1. The van der Waals surface area contributed by atoms with Crippen LogP contribution in [0.3, 0.4) is 0 Å². The first kappa shape index (κ1) is 35.1. The molecular weight excluding hydrogens is 552 g/mol. The molecule has 43 heavy (non-hydrogen) atoms. The lowest BCUT2D eigenvalue weighted by atomic mass is 10.0. The summed E-state index contributed by atoms with van der Waals surface area (Å²) in [6.07, 6.45) is 3.20. The molecule has 0 bridgehead atoms. The first-order chi connectivity index (χ1) is 20.5. The van der Waals surface area contributed by atoms with Crippen LogP contribution in [0.4, 0.5) is 4.79 Å². The van der Waals surface area contributed by atoms with Crippen LogP contribution in [0, 0.1) is 0 Å². The SMILES string of the molecule is C=N/C=C(\C=N/CN1CCN(C(=O)OC(C)(C)C)CC1)Oc1ccc2c(c1)CN(C1CCC(=O)NC1=O)C2=O.CC.CC. The van der Waals surface area contributed by atoms with Gasteiger partial charge in [-0.05, 0) is 57.7 Å². The molecule has 3 heterocycles. The maximum Gasteiger partial charge on any atom is 0.410 e. The number of hydrogen-bond donors (Lipinski definition) is 1. The first-order valence-corrected chi connectivity index (χ1v) is 14.9. The third-order valence-electron chi connectivity index (χ3n) is 6.47. The predicted molar refractivity (Wildman–Crippen MR) is 166 cm³/mol. The number of benzene rings is 1. The highest BCUT2D eigenvalue weighted by Crippen LogP contribution is 2.30. The number of piperidine rings is 1. The third kappa shape index (κ3) is 10.0. The molecule has 1 N–H and O–H groups in total. The van der Waals surface area contributed by atoms with E-state index >= 15 is 0 Å². The Kier molecular flexibility index (Phi) is 13.5. The average molecular weight is 599 g/mol. The van der Waals surface area contributed by atoms with E-state index in [1.807, 2.05) is 48.5 Å². The number of aliphatic imine (C=N–C) groups is 2. The van der Waals surface area contributed by atoms with E-state index in [1.165, 1.54) is 11.1 Å². The molecular formula is C31H46N6O6. The van der Waals surface area contributed by atoms with Crippen molar-refractivity contribution in [1.29, 1.82) is 0 Å². The average Bonchev–Trinajstić information content (AvgIpc) is 3.30. The summed E-state index contributed by atoms with van der Waals surface area (Å²) in [6.45, 7) is 20.1. The van der Waals surface area contributed by atoms with Crippen molar-refractivity contribution in [3.63, 3.8) is 0 Å². The molecule has 236 valence electrons. The minimum atomic E-state index is -0.675. The van der Waals surface area contributed by atoms with Gasteiger partial charge in [0.05, 0.1) is 19.1 Å². The van der Waals surface area contributed by atoms with Gasteiger partial charge in [-0.15, -0.1) is 0 Å². The van der Waals surface area contributed by atoms with Crippen LogP contribution in [0.15, 0.2) is 40.1 Å². The number of amides is 4. The summed E-state index contributed by atoms with van der Waals surface area (Å²) >= 11 is 0. The number of hydrogen-bond acceptors (Lipinski definition) is 9. The minimum absolute atomic E-state index is 0.201. The Hall–Kier alpha value is -4.06. The van der Waals surface area contributed by atoms with Gasteiger partial charge in [0, 0.05) is 44.7 Å². The second kappa shape index (κ2) is 16.5. The zero-order valence-corrected chi connectivity index (χ0v) is 26.5. The van der Waals surface area contributed by atoms with Gasteiger partial charge in [0.2, 0.25) is 11.8 Å². The zero-order valence-electron chi connectivity index (χ0n) is 26.5. The van der Waals surface area contributed by atoms with Gasteiger partial charge in [0.25, 0.3) is 5.91 Å². The monoisotopic (exact) mass is 598 g/mol. The van der Waals surface area contributed by atoms with Crippen LogP contribution < -0.4 is 10.1 Å². The largest absolute Gasteiger partial charge is 0.454 e. The number of ether oxygens (including phenoxy) is 2. The molecule has 0 radical (unpaired) electrons. The Morgan fingerprint density at radius 1 is 1.09 bits per heavy atom. The molecule has 2 fully saturated rings. The summed E-state index contributed by atoms with van der Waals surface area (Å²) in [4.78, 5) is 62.4. The molecule has 4 amide bonds. The normalized spacial score (nSPS) is 19.1. The fourth-order valence-electron chi connectivity index (χ4n) is 4.57. The summed E-state index contributed by atoms with van der Waals surface area (Å²) in [6, 6.07) is 4.41. The van der Waals surface area contributed by atoms with Crippen molar-refractivity contribution in [3.8, 4) is 5.75 Å². The molecule has 12 heteroatoms. The molecule has 1 unspecified atom stereocenters. The first-order valence-electron chi connectivity index (χ1n) is 14.9. The van der Waals surface area contributed by atoms with Crippen molar-refractivity contribution in [1.82, 2.24) is 20.0 Å². The predicted octanol–water partition coefficient (Wildman–Crippen LogP) is 4.00. The van der Waals surface area contributed by atoms with Crippen LogP contribution in [0.1, 0.15) is 77.2 Å². The van der Waals surface area contributed by atoms with Crippen molar-refractivity contribution in [2.45, 2.75) is 79.5 Å². The zero-order chi connectivity index (χ0) is 32.2. The highest BCUT2D eigenvalue weighted by Gasteiger charge is 2.39. The quantitative estimate of drug-likeness (QED) is 0.285. The number of carbonyl (C=O) groups is 4.